The maximum Gasteiger partial charge on any atom is 0.243 e. The Morgan fingerprint density at radius 3 is 2.55 bits per heavy atom. The molecule has 0 fully saturated rings. The third-order valence-electron chi connectivity index (χ3n) is 2.66. The van der Waals surface area contributed by atoms with Crippen LogP contribution in [0.5, 0.6) is 0 Å². The number of carbonyl (C=O) groups is 1. The molecule has 3 N–H and O–H groups in total. The zero-order chi connectivity index (χ0) is 15.3. The van der Waals surface area contributed by atoms with Gasteiger partial charge < -0.3 is 11.1 Å². The van der Waals surface area contributed by atoms with Gasteiger partial charge in [-0.3, -0.25) is 4.79 Å². The molecule has 6 nitrogen and oxygen atoms in total. The molecule has 0 bridgehead atoms. The van der Waals surface area contributed by atoms with Gasteiger partial charge in [0.1, 0.15) is 0 Å². The molecular weight excluding hydrogens is 346 g/mol. The van der Waals surface area contributed by atoms with Crippen LogP contribution in [0.15, 0.2) is 27.6 Å². The zero-order valence-corrected chi connectivity index (χ0v) is 13.8. The number of likely N-dealkylation sites (N-methyl/N-ethyl adjacent to an activating group) is 2. The molecule has 0 atom stereocenters. The summed E-state index contributed by atoms with van der Waals surface area (Å²) in [6, 6.07) is 4.37. The second-order valence-electron chi connectivity index (χ2n) is 4.07. The number of amides is 1. The predicted octanol–water partition coefficient (Wildman–Crippen LogP) is 1.18. The van der Waals surface area contributed by atoms with E-state index in [0.29, 0.717) is 16.7 Å². The second kappa shape index (κ2) is 7.05. The number of halogens is 1. The molecule has 0 aliphatic heterocycles. The fourth-order valence-corrected chi connectivity index (χ4v) is 3.56. The molecule has 8 heteroatoms. The molecule has 0 saturated heterocycles. The minimum Gasteiger partial charge on any atom is -0.398 e. The molecule has 0 aliphatic carbocycles. The van der Waals surface area contributed by atoms with E-state index in [1.165, 1.54) is 18.2 Å². The highest BCUT2D eigenvalue weighted by atomic mass is 79.9. The number of sulfonamides is 1. The van der Waals surface area contributed by atoms with E-state index in [4.69, 9.17) is 5.73 Å². The van der Waals surface area contributed by atoms with Crippen LogP contribution in [0.1, 0.15) is 13.8 Å². The zero-order valence-electron chi connectivity index (χ0n) is 11.4. The molecule has 0 aliphatic rings. The van der Waals surface area contributed by atoms with Gasteiger partial charge in [0.05, 0.1) is 11.4 Å². The third kappa shape index (κ3) is 3.94. The van der Waals surface area contributed by atoms with Crippen LogP contribution in [0.4, 0.5) is 5.69 Å². The van der Waals surface area contributed by atoms with Crippen LogP contribution in [0.25, 0.3) is 0 Å². The van der Waals surface area contributed by atoms with E-state index in [1.54, 1.807) is 13.8 Å². The number of hydrogen-bond acceptors (Lipinski definition) is 4. The molecule has 1 aromatic rings. The summed E-state index contributed by atoms with van der Waals surface area (Å²) in [5, 5.41) is 2.58. The third-order valence-corrected chi connectivity index (χ3v) is 5.26. The summed E-state index contributed by atoms with van der Waals surface area (Å²) in [4.78, 5) is 11.7. The van der Waals surface area contributed by atoms with Gasteiger partial charge in [-0.15, -0.1) is 0 Å². The topological polar surface area (TPSA) is 92.5 Å². The number of benzene rings is 1. The first-order valence-electron chi connectivity index (χ1n) is 6.14. The van der Waals surface area contributed by atoms with Crippen LogP contribution in [-0.4, -0.2) is 38.3 Å². The van der Waals surface area contributed by atoms with Gasteiger partial charge in [0.25, 0.3) is 0 Å². The van der Waals surface area contributed by atoms with Crippen molar-refractivity contribution in [2.24, 2.45) is 0 Å². The summed E-state index contributed by atoms with van der Waals surface area (Å²) < 4.78 is 26.5. The van der Waals surface area contributed by atoms with E-state index in [-0.39, 0.29) is 23.9 Å². The first kappa shape index (κ1) is 16.9. The van der Waals surface area contributed by atoms with Crippen molar-refractivity contribution in [3.8, 4) is 0 Å². The Balaban J connectivity index is 3.05. The Morgan fingerprint density at radius 1 is 1.40 bits per heavy atom. The van der Waals surface area contributed by atoms with Crippen LogP contribution < -0.4 is 11.1 Å². The van der Waals surface area contributed by atoms with E-state index in [9.17, 15) is 13.2 Å². The molecule has 0 aromatic heterocycles. The number of rotatable bonds is 6. The number of anilines is 1. The molecule has 112 valence electrons. The lowest BCUT2D eigenvalue weighted by Crippen LogP contribution is -2.40. The maximum atomic E-state index is 12.5. The minimum atomic E-state index is -3.72. The van der Waals surface area contributed by atoms with Crippen molar-refractivity contribution >= 4 is 37.5 Å². The number of nitrogen functional groups attached to an aromatic ring is 1. The average molecular weight is 364 g/mol. The fraction of sp³-hybridized carbons (Fsp3) is 0.417. The van der Waals surface area contributed by atoms with Crippen LogP contribution in [0, 0.1) is 0 Å². The quantitative estimate of drug-likeness (QED) is 0.742. The highest BCUT2D eigenvalue weighted by Crippen LogP contribution is 2.25. The molecule has 0 spiro atoms. The van der Waals surface area contributed by atoms with Crippen molar-refractivity contribution in [1.82, 2.24) is 9.62 Å². The number of carbonyl (C=O) groups excluding carboxylic acids is 1. The van der Waals surface area contributed by atoms with Crippen molar-refractivity contribution < 1.29 is 13.2 Å². The Kier molecular flexibility index (Phi) is 5.97. The smallest absolute Gasteiger partial charge is 0.243 e. The number of hydrogen-bond donors (Lipinski definition) is 2. The van der Waals surface area contributed by atoms with Crippen LogP contribution >= 0.6 is 15.9 Å². The van der Waals surface area contributed by atoms with Crippen molar-refractivity contribution in [2.75, 3.05) is 25.4 Å². The molecule has 1 aromatic carbocycles. The Labute approximate surface area is 127 Å². The van der Waals surface area contributed by atoms with E-state index < -0.39 is 10.0 Å². The van der Waals surface area contributed by atoms with Crippen LogP contribution in [-0.2, 0) is 14.8 Å². The van der Waals surface area contributed by atoms with Gasteiger partial charge in [0.2, 0.25) is 15.9 Å². The lowest BCUT2D eigenvalue weighted by atomic mass is 10.3. The SMILES string of the molecule is CCNC(=O)CN(CC)S(=O)(=O)c1ccc(N)c(Br)c1. The number of nitrogens with two attached hydrogens (primary N) is 1. The molecule has 1 amide bonds. The predicted molar refractivity (Wildman–Crippen MR) is 81.7 cm³/mol. The lowest BCUT2D eigenvalue weighted by Gasteiger charge is -2.20. The van der Waals surface area contributed by atoms with E-state index in [2.05, 4.69) is 21.2 Å². The van der Waals surface area contributed by atoms with Gasteiger partial charge in [-0.25, -0.2) is 8.42 Å². The van der Waals surface area contributed by atoms with Crippen molar-refractivity contribution in [2.45, 2.75) is 18.7 Å². The summed E-state index contributed by atoms with van der Waals surface area (Å²) in [7, 11) is -3.72. The highest BCUT2D eigenvalue weighted by Gasteiger charge is 2.25. The Morgan fingerprint density at radius 2 is 2.05 bits per heavy atom. The average Bonchev–Trinajstić information content (AvgIpc) is 2.39. The second-order valence-corrected chi connectivity index (χ2v) is 6.86. The Bertz CT molecular complexity index is 590. The van der Waals surface area contributed by atoms with Gasteiger partial charge in [-0.05, 0) is 41.1 Å². The molecule has 0 heterocycles. The summed E-state index contributed by atoms with van der Waals surface area (Å²) in [5.74, 6) is -0.326. The molecule has 0 unspecified atom stereocenters. The summed E-state index contributed by atoms with van der Waals surface area (Å²) >= 11 is 3.20. The van der Waals surface area contributed by atoms with E-state index in [0.717, 1.165) is 4.31 Å². The largest absolute Gasteiger partial charge is 0.398 e. The van der Waals surface area contributed by atoms with E-state index >= 15 is 0 Å². The number of nitrogens with zero attached hydrogens (tertiary/aromatic N) is 1. The van der Waals surface area contributed by atoms with E-state index in [1.807, 2.05) is 0 Å². The lowest BCUT2D eigenvalue weighted by molar-refractivity contribution is -0.121. The summed E-state index contributed by atoms with van der Waals surface area (Å²) in [6.45, 7) is 3.93. The van der Waals surface area contributed by atoms with Gasteiger partial charge in [0.15, 0.2) is 0 Å². The van der Waals surface area contributed by atoms with Crippen molar-refractivity contribution in [3.05, 3.63) is 22.7 Å². The normalized spacial score (nSPS) is 11.6. The first-order valence-corrected chi connectivity index (χ1v) is 8.38. The van der Waals surface area contributed by atoms with Gasteiger partial charge in [-0.1, -0.05) is 6.92 Å². The maximum absolute atomic E-state index is 12.5. The summed E-state index contributed by atoms with van der Waals surface area (Å²) in [6.07, 6.45) is 0. The highest BCUT2D eigenvalue weighted by molar-refractivity contribution is 9.10. The standard InChI is InChI=1S/C12H18BrN3O3S/c1-3-15-12(17)8-16(4-2)20(18,19)9-5-6-11(14)10(13)7-9/h5-7H,3-4,8,14H2,1-2H3,(H,15,17). The first-order chi connectivity index (χ1) is 9.32. The monoisotopic (exact) mass is 363 g/mol. The number of nitrogens with one attached hydrogen (secondary N) is 1. The van der Waals surface area contributed by atoms with Crippen LogP contribution in [0.2, 0.25) is 0 Å². The molecule has 20 heavy (non-hydrogen) atoms. The minimum absolute atomic E-state index is 0.102. The van der Waals surface area contributed by atoms with Gasteiger partial charge in [0, 0.05) is 23.2 Å². The molecule has 0 saturated carbocycles. The molecule has 0 radical (unpaired) electrons. The van der Waals surface area contributed by atoms with Gasteiger partial charge >= 0.3 is 0 Å². The van der Waals surface area contributed by atoms with Crippen LogP contribution in [0.3, 0.4) is 0 Å². The van der Waals surface area contributed by atoms with Gasteiger partial charge in [-0.2, -0.15) is 4.31 Å². The van der Waals surface area contributed by atoms with Crippen molar-refractivity contribution in [1.29, 1.82) is 0 Å². The molecular formula is C12H18BrN3O3S. The fourth-order valence-electron chi connectivity index (χ4n) is 1.60. The van der Waals surface area contributed by atoms with Crippen molar-refractivity contribution in [3.63, 3.8) is 0 Å². The molecule has 1 rings (SSSR count). The Hall–Kier alpha value is -1.12. The summed E-state index contributed by atoms with van der Waals surface area (Å²) in [5.41, 5.74) is 6.10.